The van der Waals surface area contributed by atoms with E-state index in [4.69, 9.17) is 9.47 Å². The lowest BCUT2D eigenvalue weighted by Gasteiger charge is -2.21. The number of H-pyrrole nitrogens is 1. The van der Waals surface area contributed by atoms with Crippen LogP contribution in [0.25, 0.3) is 10.6 Å². The second kappa shape index (κ2) is 5.88. The quantitative estimate of drug-likeness (QED) is 0.718. The normalized spacial score (nSPS) is 16.9. The molecule has 2 aromatic heterocycles. The van der Waals surface area contributed by atoms with Gasteiger partial charge < -0.3 is 14.8 Å². The second-order valence-electron chi connectivity index (χ2n) is 6.58. The van der Waals surface area contributed by atoms with Gasteiger partial charge in [0.05, 0.1) is 10.6 Å². The van der Waals surface area contributed by atoms with Gasteiger partial charge in [0.1, 0.15) is 0 Å². The van der Waals surface area contributed by atoms with Crippen molar-refractivity contribution in [1.82, 2.24) is 10.2 Å². The lowest BCUT2D eigenvalue weighted by atomic mass is 10.2. The number of benzene rings is 1. The van der Waals surface area contributed by atoms with Crippen molar-refractivity contribution in [2.24, 2.45) is 0 Å². The van der Waals surface area contributed by atoms with Crippen LogP contribution in [0.2, 0.25) is 0 Å². The molecule has 0 atom stereocenters. The summed E-state index contributed by atoms with van der Waals surface area (Å²) in [5.41, 5.74) is 1.84. The maximum absolute atomic E-state index is 12.5. The number of fused-ring (bicyclic) bond motifs is 1. The Labute approximate surface area is 154 Å². The smallest absolute Gasteiger partial charge is 0.276 e. The van der Waals surface area contributed by atoms with E-state index in [1.807, 2.05) is 35.7 Å². The molecule has 5 rings (SSSR count). The summed E-state index contributed by atoms with van der Waals surface area (Å²) in [5.74, 6) is 0.664. The number of rotatable bonds is 3. The van der Waals surface area contributed by atoms with E-state index in [1.165, 1.54) is 0 Å². The molecule has 1 amide bonds. The summed E-state index contributed by atoms with van der Waals surface area (Å²) in [6.45, 7) is 0. The van der Waals surface area contributed by atoms with E-state index >= 15 is 0 Å². The summed E-state index contributed by atoms with van der Waals surface area (Å²) in [7, 11) is 0. The van der Waals surface area contributed by atoms with Crippen molar-refractivity contribution in [1.29, 1.82) is 0 Å². The Bertz CT molecular complexity index is 958. The molecule has 132 valence electrons. The minimum absolute atomic E-state index is 0.265. The zero-order valence-electron chi connectivity index (χ0n) is 14.0. The first-order valence-corrected chi connectivity index (χ1v) is 9.52. The summed E-state index contributed by atoms with van der Waals surface area (Å²) >= 11 is 1.59. The van der Waals surface area contributed by atoms with Gasteiger partial charge in [-0.3, -0.25) is 9.89 Å². The van der Waals surface area contributed by atoms with E-state index in [0.29, 0.717) is 17.1 Å². The molecule has 26 heavy (non-hydrogen) atoms. The van der Waals surface area contributed by atoms with E-state index in [0.717, 1.165) is 42.0 Å². The van der Waals surface area contributed by atoms with Crippen LogP contribution in [0.4, 0.5) is 5.69 Å². The van der Waals surface area contributed by atoms with Crippen molar-refractivity contribution < 1.29 is 14.3 Å². The highest BCUT2D eigenvalue weighted by Crippen LogP contribution is 2.47. The molecule has 6 nitrogen and oxygen atoms in total. The van der Waals surface area contributed by atoms with Gasteiger partial charge in [-0.2, -0.15) is 5.10 Å². The van der Waals surface area contributed by atoms with Crippen LogP contribution in [0.15, 0.2) is 41.8 Å². The molecule has 1 fully saturated rings. The fraction of sp³-hybridized carbons (Fsp3) is 0.263. The molecule has 0 bridgehead atoms. The maximum Gasteiger partial charge on any atom is 0.276 e. The number of aromatic amines is 1. The predicted molar refractivity (Wildman–Crippen MR) is 98.8 cm³/mol. The molecule has 2 aliphatic rings. The van der Waals surface area contributed by atoms with Gasteiger partial charge >= 0.3 is 0 Å². The second-order valence-corrected chi connectivity index (χ2v) is 7.53. The molecule has 1 aromatic carbocycles. The average molecular weight is 367 g/mol. The summed E-state index contributed by atoms with van der Waals surface area (Å²) < 4.78 is 12.0. The van der Waals surface area contributed by atoms with Crippen molar-refractivity contribution in [3.8, 4) is 22.1 Å². The number of hydrogen-bond donors (Lipinski definition) is 2. The van der Waals surface area contributed by atoms with Gasteiger partial charge in [-0.25, -0.2) is 0 Å². The number of carbonyl (C=O) groups is 1. The number of nitrogens with one attached hydrogen (secondary N) is 2. The molecule has 7 heteroatoms. The Morgan fingerprint density at radius 2 is 2.00 bits per heavy atom. The largest absolute Gasteiger partial charge is 0.448 e. The molecule has 3 heterocycles. The van der Waals surface area contributed by atoms with Crippen LogP contribution in [0, 0.1) is 0 Å². The van der Waals surface area contributed by atoms with Gasteiger partial charge in [-0.05, 0) is 42.5 Å². The highest BCUT2D eigenvalue weighted by molar-refractivity contribution is 7.13. The van der Waals surface area contributed by atoms with Gasteiger partial charge in [0, 0.05) is 24.6 Å². The van der Waals surface area contributed by atoms with Crippen LogP contribution in [0.1, 0.15) is 36.2 Å². The lowest BCUT2D eigenvalue weighted by molar-refractivity contribution is -0.0716. The number of ether oxygens (including phenoxy) is 2. The predicted octanol–water partition coefficient (Wildman–Crippen LogP) is 4.43. The van der Waals surface area contributed by atoms with Gasteiger partial charge in [-0.15, -0.1) is 11.3 Å². The van der Waals surface area contributed by atoms with E-state index in [1.54, 1.807) is 17.4 Å². The van der Waals surface area contributed by atoms with E-state index in [-0.39, 0.29) is 5.91 Å². The van der Waals surface area contributed by atoms with Crippen LogP contribution in [-0.2, 0) is 0 Å². The van der Waals surface area contributed by atoms with Gasteiger partial charge in [0.2, 0.25) is 0 Å². The highest BCUT2D eigenvalue weighted by Gasteiger charge is 2.44. The van der Waals surface area contributed by atoms with Crippen molar-refractivity contribution in [2.45, 2.75) is 31.5 Å². The van der Waals surface area contributed by atoms with Crippen molar-refractivity contribution >= 4 is 22.9 Å². The van der Waals surface area contributed by atoms with Gasteiger partial charge in [-0.1, -0.05) is 6.07 Å². The number of thiophene rings is 1. The van der Waals surface area contributed by atoms with Crippen LogP contribution in [-0.4, -0.2) is 21.9 Å². The summed E-state index contributed by atoms with van der Waals surface area (Å²) in [6.07, 6.45) is 4.04. The fourth-order valence-electron chi connectivity index (χ4n) is 3.48. The molecular formula is C19H17N3O3S. The van der Waals surface area contributed by atoms with Gasteiger partial charge in [0.25, 0.3) is 11.7 Å². The van der Waals surface area contributed by atoms with E-state index in [2.05, 4.69) is 15.5 Å². The number of nitrogens with zero attached hydrogens (tertiary/aromatic N) is 1. The topological polar surface area (TPSA) is 76.2 Å². The first-order chi connectivity index (χ1) is 12.7. The third-order valence-corrected chi connectivity index (χ3v) is 5.66. The van der Waals surface area contributed by atoms with Crippen LogP contribution >= 0.6 is 11.3 Å². The number of amides is 1. The standard InChI is InChI=1S/C19H17N3O3S/c23-18(14-11-13(21-22-14)17-4-3-9-26-17)20-12-5-6-15-16(10-12)25-19(24-15)7-1-2-8-19/h3-6,9-11H,1-2,7-8H2,(H,20,23)(H,21,22). The van der Waals surface area contributed by atoms with Crippen LogP contribution < -0.4 is 14.8 Å². The third-order valence-electron chi connectivity index (χ3n) is 4.76. The molecular weight excluding hydrogens is 350 g/mol. The third kappa shape index (κ3) is 2.64. The first-order valence-electron chi connectivity index (χ1n) is 8.64. The monoisotopic (exact) mass is 367 g/mol. The summed E-state index contributed by atoms with van der Waals surface area (Å²) in [5, 5.41) is 11.9. The Balaban J connectivity index is 1.32. The fourth-order valence-corrected chi connectivity index (χ4v) is 4.17. The minimum Gasteiger partial charge on any atom is -0.448 e. The van der Waals surface area contributed by atoms with Crippen molar-refractivity contribution in [3.05, 3.63) is 47.5 Å². The number of anilines is 1. The number of hydrogen-bond acceptors (Lipinski definition) is 5. The molecule has 3 aromatic rings. The van der Waals surface area contributed by atoms with Crippen LogP contribution in [0.5, 0.6) is 11.5 Å². The maximum atomic E-state index is 12.5. The number of aromatic nitrogens is 2. The van der Waals surface area contributed by atoms with Crippen LogP contribution in [0.3, 0.4) is 0 Å². The lowest BCUT2D eigenvalue weighted by Crippen LogP contribution is -2.34. The Hall–Kier alpha value is -2.80. The molecule has 2 N–H and O–H groups in total. The zero-order valence-corrected chi connectivity index (χ0v) is 14.8. The van der Waals surface area contributed by atoms with Gasteiger partial charge in [0.15, 0.2) is 17.2 Å². The summed E-state index contributed by atoms with van der Waals surface area (Å²) in [4.78, 5) is 13.5. The Morgan fingerprint density at radius 1 is 1.15 bits per heavy atom. The highest BCUT2D eigenvalue weighted by atomic mass is 32.1. The Morgan fingerprint density at radius 3 is 2.81 bits per heavy atom. The number of carbonyl (C=O) groups excluding carboxylic acids is 1. The average Bonchev–Trinajstić information content (AvgIpc) is 3.42. The van der Waals surface area contributed by atoms with Crippen molar-refractivity contribution in [2.75, 3.05) is 5.32 Å². The zero-order chi connectivity index (χ0) is 17.6. The molecule has 1 aliphatic heterocycles. The molecule has 1 aliphatic carbocycles. The summed E-state index contributed by atoms with van der Waals surface area (Å²) in [6, 6.07) is 11.2. The SMILES string of the molecule is O=C(Nc1ccc2c(c1)OC1(CCCC1)O2)c1cc(-c2cccs2)[nH]n1. The molecule has 0 saturated heterocycles. The first kappa shape index (κ1) is 15.5. The molecule has 0 radical (unpaired) electrons. The molecule has 1 spiro atoms. The van der Waals surface area contributed by atoms with E-state index < -0.39 is 5.79 Å². The molecule has 0 unspecified atom stereocenters. The van der Waals surface area contributed by atoms with Crippen molar-refractivity contribution in [3.63, 3.8) is 0 Å². The van der Waals surface area contributed by atoms with E-state index in [9.17, 15) is 4.79 Å². The Kier molecular flexibility index (Phi) is 3.49. The molecule has 1 saturated carbocycles. The minimum atomic E-state index is -0.497.